The van der Waals surface area contributed by atoms with Crippen molar-refractivity contribution in [1.82, 2.24) is 0 Å². The zero-order valence-corrected chi connectivity index (χ0v) is 16.2. The molecule has 0 N–H and O–H groups in total. The maximum atomic E-state index is 14.1. The van der Waals surface area contributed by atoms with Crippen LogP contribution in [0.3, 0.4) is 0 Å². The smallest absolute Gasteiger partial charge is 0.377 e. The highest BCUT2D eigenvalue weighted by atomic mass is 19.4. The molecule has 1 atom stereocenters. The average molecular weight is 460 g/mol. The van der Waals surface area contributed by atoms with E-state index >= 15 is 0 Å². The van der Waals surface area contributed by atoms with Gasteiger partial charge in [0.05, 0.1) is 6.10 Å². The van der Waals surface area contributed by atoms with Gasteiger partial charge in [-0.15, -0.1) is 0 Å². The highest BCUT2D eigenvalue weighted by Crippen LogP contribution is 2.58. The fourth-order valence-corrected chi connectivity index (χ4v) is 2.51. The number of halogens is 11. The number of benzene rings is 1. The number of alkyl halides is 11. The molecule has 0 fully saturated rings. The first kappa shape index (κ1) is 26.4. The minimum atomic E-state index is -7.42. The molecular formula is C18H19F11O. The summed E-state index contributed by atoms with van der Waals surface area (Å²) in [6, 6.07) is 5.29. The van der Waals surface area contributed by atoms with Crippen LogP contribution in [-0.4, -0.2) is 37.0 Å². The van der Waals surface area contributed by atoms with Crippen molar-refractivity contribution in [2.24, 2.45) is 0 Å². The van der Waals surface area contributed by atoms with Crippen LogP contribution in [0.1, 0.15) is 44.4 Å². The van der Waals surface area contributed by atoms with E-state index in [9.17, 15) is 48.3 Å². The van der Waals surface area contributed by atoms with Gasteiger partial charge < -0.3 is 4.74 Å². The van der Waals surface area contributed by atoms with Crippen LogP contribution in [-0.2, 0) is 10.2 Å². The molecule has 0 aliphatic heterocycles. The minimum absolute atomic E-state index is 0.175. The van der Waals surface area contributed by atoms with Gasteiger partial charge in [0.15, 0.2) is 0 Å². The van der Waals surface area contributed by atoms with Crippen LogP contribution in [0.2, 0.25) is 0 Å². The first-order valence-electron chi connectivity index (χ1n) is 8.34. The third-order valence-electron chi connectivity index (χ3n) is 4.45. The third-order valence-corrected chi connectivity index (χ3v) is 4.45. The summed E-state index contributed by atoms with van der Waals surface area (Å²) in [4.78, 5) is 0. The Labute approximate surface area is 165 Å². The van der Waals surface area contributed by atoms with Crippen molar-refractivity contribution in [3.05, 3.63) is 35.4 Å². The number of rotatable bonds is 7. The Morgan fingerprint density at radius 2 is 1.27 bits per heavy atom. The molecule has 0 saturated heterocycles. The van der Waals surface area contributed by atoms with E-state index in [0.717, 1.165) is 13.2 Å². The summed E-state index contributed by atoms with van der Waals surface area (Å²) >= 11 is 0. The molecule has 0 aliphatic carbocycles. The highest BCUT2D eigenvalue weighted by molar-refractivity contribution is 5.30. The molecule has 174 valence electrons. The molecule has 0 bridgehead atoms. The lowest BCUT2D eigenvalue weighted by molar-refractivity contribution is -0.423. The molecule has 1 aromatic rings. The molecule has 0 radical (unpaired) electrons. The monoisotopic (exact) mass is 460 g/mol. The fourth-order valence-electron chi connectivity index (χ4n) is 2.51. The molecule has 0 heterocycles. The van der Waals surface area contributed by atoms with E-state index < -0.39 is 47.8 Å². The summed E-state index contributed by atoms with van der Waals surface area (Å²) in [5.41, 5.74) is -0.194. The van der Waals surface area contributed by atoms with Gasteiger partial charge in [-0.1, -0.05) is 45.0 Å². The Balaban J connectivity index is 3.36. The molecule has 1 aromatic carbocycles. The molecule has 0 amide bonds. The SMILES string of the molecule is COC(CC(F)(F)C(F)(F)C(F)(F)C(F)(F)C(F)(F)F)c1cccc(C(C)(C)C)c1. The normalized spacial score (nSPS) is 16.0. The van der Waals surface area contributed by atoms with Crippen LogP contribution in [0.4, 0.5) is 48.3 Å². The van der Waals surface area contributed by atoms with Crippen molar-refractivity contribution in [3.8, 4) is 0 Å². The lowest BCUT2D eigenvalue weighted by Crippen LogP contribution is -2.66. The lowest BCUT2D eigenvalue weighted by atomic mass is 9.85. The van der Waals surface area contributed by atoms with E-state index in [0.29, 0.717) is 5.56 Å². The van der Waals surface area contributed by atoms with E-state index in [1.165, 1.54) is 12.1 Å². The molecule has 0 aromatic heterocycles. The van der Waals surface area contributed by atoms with Gasteiger partial charge in [-0.3, -0.25) is 0 Å². The molecule has 12 heteroatoms. The first-order chi connectivity index (χ1) is 13.1. The van der Waals surface area contributed by atoms with E-state index in [-0.39, 0.29) is 5.56 Å². The third kappa shape index (κ3) is 4.52. The highest BCUT2D eigenvalue weighted by Gasteiger charge is 2.87. The molecule has 1 nitrogen and oxygen atoms in total. The van der Waals surface area contributed by atoms with Gasteiger partial charge in [-0.05, 0) is 16.5 Å². The predicted molar refractivity (Wildman–Crippen MR) is 85.4 cm³/mol. The second kappa shape index (κ2) is 7.83. The zero-order valence-electron chi connectivity index (χ0n) is 16.2. The van der Waals surface area contributed by atoms with Crippen molar-refractivity contribution in [2.45, 2.75) is 68.6 Å². The van der Waals surface area contributed by atoms with Gasteiger partial charge in [0.25, 0.3) is 0 Å². The quantitative estimate of drug-likeness (QED) is 0.392. The number of hydrogen-bond donors (Lipinski definition) is 0. The van der Waals surface area contributed by atoms with Crippen molar-refractivity contribution in [3.63, 3.8) is 0 Å². The molecule has 30 heavy (non-hydrogen) atoms. The average Bonchev–Trinajstić information content (AvgIpc) is 2.57. The van der Waals surface area contributed by atoms with E-state index in [1.54, 1.807) is 26.8 Å². The van der Waals surface area contributed by atoms with Crippen LogP contribution < -0.4 is 0 Å². The van der Waals surface area contributed by atoms with Crippen LogP contribution in [0.15, 0.2) is 24.3 Å². The Morgan fingerprint density at radius 1 is 0.767 bits per heavy atom. The topological polar surface area (TPSA) is 9.23 Å². The maximum absolute atomic E-state index is 14.1. The summed E-state index contributed by atoms with van der Waals surface area (Å²) in [5.74, 6) is -27.9. The van der Waals surface area contributed by atoms with Gasteiger partial charge in [0, 0.05) is 13.5 Å². The minimum Gasteiger partial charge on any atom is -0.377 e. The Kier molecular flexibility index (Phi) is 6.90. The van der Waals surface area contributed by atoms with Gasteiger partial charge in [0.1, 0.15) is 0 Å². The molecule has 1 unspecified atom stereocenters. The van der Waals surface area contributed by atoms with Crippen LogP contribution in [0, 0.1) is 0 Å². The van der Waals surface area contributed by atoms with Crippen LogP contribution in [0.5, 0.6) is 0 Å². The second-order valence-corrected chi connectivity index (χ2v) is 7.73. The van der Waals surface area contributed by atoms with Crippen molar-refractivity contribution < 1.29 is 53.0 Å². The largest absolute Gasteiger partial charge is 0.460 e. The number of hydrogen-bond acceptors (Lipinski definition) is 1. The second-order valence-electron chi connectivity index (χ2n) is 7.73. The van der Waals surface area contributed by atoms with E-state index in [4.69, 9.17) is 0 Å². The van der Waals surface area contributed by atoms with Gasteiger partial charge in [-0.2, -0.15) is 48.3 Å². The van der Waals surface area contributed by atoms with Crippen molar-refractivity contribution in [1.29, 1.82) is 0 Å². The Morgan fingerprint density at radius 3 is 1.67 bits per heavy atom. The molecule has 1 rings (SSSR count). The predicted octanol–water partition coefficient (Wildman–Crippen LogP) is 7.17. The fraction of sp³-hybridized carbons (Fsp3) is 0.667. The number of ether oxygens (including phenoxy) is 1. The molecule has 0 aliphatic rings. The van der Waals surface area contributed by atoms with E-state index in [1.807, 2.05) is 0 Å². The molecule has 0 spiro atoms. The summed E-state index contributed by atoms with van der Waals surface area (Å²) in [7, 11) is 0.769. The molecule has 0 saturated carbocycles. The zero-order chi connectivity index (χ0) is 24.0. The van der Waals surface area contributed by atoms with E-state index in [2.05, 4.69) is 4.74 Å². The van der Waals surface area contributed by atoms with Crippen molar-refractivity contribution >= 4 is 0 Å². The standard InChI is InChI=1S/C18H19F11O/c1-13(2,3)11-7-5-6-10(8-11)12(30-4)9-14(19,20)15(21,22)16(23,24)17(25,26)18(27,28)29/h5-8,12H,9H2,1-4H3. The Hall–Kier alpha value is -1.59. The first-order valence-corrected chi connectivity index (χ1v) is 8.34. The lowest BCUT2D eigenvalue weighted by Gasteiger charge is -2.38. The summed E-state index contributed by atoms with van der Waals surface area (Å²) in [5, 5.41) is 0. The van der Waals surface area contributed by atoms with Crippen LogP contribution >= 0.6 is 0 Å². The van der Waals surface area contributed by atoms with Gasteiger partial charge >= 0.3 is 29.9 Å². The summed E-state index contributed by atoms with van der Waals surface area (Å²) in [6.07, 6.45) is -11.4. The molecular weight excluding hydrogens is 441 g/mol. The van der Waals surface area contributed by atoms with Crippen LogP contribution in [0.25, 0.3) is 0 Å². The van der Waals surface area contributed by atoms with Gasteiger partial charge in [-0.25, -0.2) is 0 Å². The maximum Gasteiger partial charge on any atom is 0.460 e. The number of methoxy groups -OCH3 is 1. The summed E-state index contributed by atoms with van der Waals surface area (Å²) in [6.45, 7) is 5.16. The Bertz CT molecular complexity index is 732. The van der Waals surface area contributed by atoms with Gasteiger partial charge in [0.2, 0.25) is 0 Å². The van der Waals surface area contributed by atoms with Crippen molar-refractivity contribution in [2.75, 3.05) is 7.11 Å². The summed E-state index contributed by atoms with van der Waals surface area (Å²) < 4.78 is 149.